The van der Waals surface area contributed by atoms with Crippen LogP contribution in [0.4, 0.5) is 0 Å². The van der Waals surface area contributed by atoms with Gasteiger partial charge >= 0.3 is 0 Å². The molecule has 0 aliphatic carbocycles. The van der Waals surface area contributed by atoms with Gasteiger partial charge in [0.1, 0.15) is 0 Å². The predicted octanol–water partition coefficient (Wildman–Crippen LogP) is 4.21. The molecule has 0 aromatic heterocycles. The molecule has 0 bridgehead atoms. The van der Waals surface area contributed by atoms with Crippen LogP contribution < -0.4 is 0 Å². The minimum atomic E-state index is 0.483. The summed E-state index contributed by atoms with van der Waals surface area (Å²) in [7, 11) is 0. The Labute approximate surface area is 115 Å². The minimum Gasteiger partial charge on any atom is -0.298 e. The fourth-order valence-electron chi connectivity index (χ4n) is 3.15. The lowest BCUT2D eigenvalue weighted by atomic mass is 9.88. The third-order valence-corrected chi connectivity index (χ3v) is 3.99. The molecule has 20 heavy (non-hydrogen) atoms. The average molecular weight is 258 g/mol. The monoisotopic (exact) mass is 258 g/mol. The molecule has 4 rings (SSSR count). The third kappa shape index (κ3) is 1.23. The molecule has 0 atom stereocenters. The smallest absolute Gasteiger partial charge is 0.151 e. The summed E-state index contributed by atoms with van der Waals surface area (Å²) in [5.74, 6) is 0. The van der Waals surface area contributed by atoms with Crippen molar-refractivity contribution in [3.8, 4) is 0 Å². The van der Waals surface area contributed by atoms with Crippen LogP contribution in [0.3, 0.4) is 0 Å². The van der Waals surface area contributed by atoms with Crippen molar-refractivity contribution in [3.63, 3.8) is 0 Å². The van der Waals surface area contributed by atoms with Crippen LogP contribution in [0.2, 0.25) is 0 Å². The van der Waals surface area contributed by atoms with E-state index in [0.717, 1.165) is 44.9 Å². The van der Waals surface area contributed by atoms with Gasteiger partial charge in [-0.3, -0.25) is 9.59 Å². The molecule has 0 spiro atoms. The van der Waals surface area contributed by atoms with Gasteiger partial charge in [0, 0.05) is 11.1 Å². The summed E-state index contributed by atoms with van der Waals surface area (Å²) in [4.78, 5) is 23.0. The van der Waals surface area contributed by atoms with E-state index < -0.39 is 0 Å². The number of rotatable bonds is 2. The first-order valence-electron chi connectivity index (χ1n) is 6.45. The number of carbonyl (C=O) groups excluding carboxylic acids is 2. The molecule has 0 saturated carbocycles. The van der Waals surface area contributed by atoms with Gasteiger partial charge in [0.05, 0.1) is 0 Å². The molecule has 0 aliphatic rings. The first-order valence-corrected chi connectivity index (χ1v) is 6.45. The first-order chi connectivity index (χ1) is 9.85. The molecular weight excluding hydrogens is 248 g/mol. The number of carbonyl (C=O) groups is 2. The van der Waals surface area contributed by atoms with Gasteiger partial charge in [-0.1, -0.05) is 48.5 Å². The number of hydrogen-bond acceptors (Lipinski definition) is 2. The Balaban J connectivity index is 2.50. The molecule has 0 unspecified atom stereocenters. The molecule has 0 saturated heterocycles. The lowest BCUT2D eigenvalue weighted by molar-refractivity contribution is 0.109. The molecule has 0 heterocycles. The largest absolute Gasteiger partial charge is 0.298 e. The highest BCUT2D eigenvalue weighted by molar-refractivity contribution is 6.29. The Morgan fingerprint density at radius 1 is 0.600 bits per heavy atom. The van der Waals surface area contributed by atoms with Gasteiger partial charge in [0.2, 0.25) is 0 Å². The maximum absolute atomic E-state index is 11.5. The molecule has 0 amide bonds. The molecule has 0 aliphatic heterocycles. The van der Waals surface area contributed by atoms with Crippen molar-refractivity contribution in [1.82, 2.24) is 0 Å². The second-order valence-electron chi connectivity index (χ2n) is 4.94. The van der Waals surface area contributed by atoms with Crippen LogP contribution in [-0.2, 0) is 0 Å². The summed E-state index contributed by atoms with van der Waals surface area (Å²) in [5, 5.41) is 6.01. The summed E-state index contributed by atoms with van der Waals surface area (Å²) in [5.41, 5.74) is 0.966. The van der Waals surface area contributed by atoms with E-state index in [2.05, 4.69) is 12.1 Å². The van der Waals surface area contributed by atoms with Gasteiger partial charge in [-0.25, -0.2) is 0 Å². The minimum absolute atomic E-state index is 0.483. The van der Waals surface area contributed by atoms with Crippen molar-refractivity contribution in [1.29, 1.82) is 0 Å². The average Bonchev–Trinajstić information content (AvgIpc) is 2.51. The highest BCUT2D eigenvalue weighted by Gasteiger charge is 2.16. The van der Waals surface area contributed by atoms with Crippen LogP contribution in [0.25, 0.3) is 32.3 Å². The molecule has 0 fully saturated rings. The van der Waals surface area contributed by atoms with Gasteiger partial charge in [0.25, 0.3) is 0 Å². The van der Waals surface area contributed by atoms with E-state index in [1.165, 1.54) is 0 Å². The Morgan fingerprint density at radius 2 is 1.05 bits per heavy atom. The lowest BCUT2D eigenvalue weighted by Gasteiger charge is -2.14. The summed E-state index contributed by atoms with van der Waals surface area (Å²) in [6.45, 7) is 0. The van der Waals surface area contributed by atoms with Crippen LogP contribution in [0.5, 0.6) is 0 Å². The Bertz CT molecular complexity index is 902. The molecule has 4 aromatic carbocycles. The quantitative estimate of drug-likeness (QED) is 0.398. The topological polar surface area (TPSA) is 34.1 Å². The summed E-state index contributed by atoms with van der Waals surface area (Å²) in [6.07, 6.45) is 1.57. The van der Waals surface area contributed by atoms with Crippen LogP contribution >= 0.6 is 0 Å². The molecule has 94 valence electrons. The predicted molar refractivity (Wildman–Crippen MR) is 80.9 cm³/mol. The Morgan fingerprint density at radius 3 is 1.45 bits per heavy atom. The lowest BCUT2D eigenvalue weighted by Crippen LogP contribution is -1.97. The summed E-state index contributed by atoms with van der Waals surface area (Å²) >= 11 is 0. The Kier molecular flexibility index (Phi) is 2.15. The van der Waals surface area contributed by atoms with E-state index in [1.54, 1.807) is 0 Å². The van der Waals surface area contributed by atoms with Crippen LogP contribution in [-0.4, -0.2) is 12.6 Å². The van der Waals surface area contributed by atoms with E-state index in [1.807, 2.05) is 36.4 Å². The first kappa shape index (κ1) is 11.1. The number of aldehydes is 2. The highest BCUT2D eigenvalue weighted by atomic mass is 16.1. The van der Waals surface area contributed by atoms with Gasteiger partial charge < -0.3 is 0 Å². The summed E-state index contributed by atoms with van der Waals surface area (Å²) < 4.78 is 0. The van der Waals surface area contributed by atoms with E-state index in [-0.39, 0.29) is 0 Å². The molecule has 0 N–H and O–H groups in total. The zero-order valence-corrected chi connectivity index (χ0v) is 10.6. The van der Waals surface area contributed by atoms with Crippen molar-refractivity contribution in [2.24, 2.45) is 0 Å². The van der Waals surface area contributed by atoms with Crippen LogP contribution in [0.15, 0.2) is 48.5 Å². The van der Waals surface area contributed by atoms with Crippen molar-refractivity contribution < 1.29 is 9.59 Å². The standard InChI is InChI=1S/C18H10O2/c19-9-15-13-5-1-3-11-7-8-12-4-2-6-14(16(15)10-20)18(12)17(11)13/h1-10H. The fraction of sp³-hybridized carbons (Fsp3) is 0. The van der Waals surface area contributed by atoms with Crippen LogP contribution in [0, 0.1) is 0 Å². The second-order valence-corrected chi connectivity index (χ2v) is 4.94. The number of benzene rings is 4. The molecule has 2 nitrogen and oxygen atoms in total. The second kappa shape index (κ2) is 3.87. The molecule has 4 aromatic rings. The van der Waals surface area contributed by atoms with Gasteiger partial charge in [-0.15, -0.1) is 0 Å². The maximum atomic E-state index is 11.5. The normalized spacial score (nSPS) is 11.4. The van der Waals surface area contributed by atoms with Crippen molar-refractivity contribution in [2.75, 3.05) is 0 Å². The number of hydrogen-bond donors (Lipinski definition) is 0. The zero-order chi connectivity index (χ0) is 13.7. The van der Waals surface area contributed by atoms with E-state index in [0.29, 0.717) is 11.1 Å². The fourth-order valence-corrected chi connectivity index (χ4v) is 3.15. The molecule has 2 heteroatoms. The maximum Gasteiger partial charge on any atom is 0.151 e. The van der Waals surface area contributed by atoms with Gasteiger partial charge in [-0.05, 0) is 32.3 Å². The van der Waals surface area contributed by atoms with E-state index in [4.69, 9.17) is 0 Å². The van der Waals surface area contributed by atoms with Crippen LogP contribution in [0.1, 0.15) is 20.7 Å². The van der Waals surface area contributed by atoms with Gasteiger partial charge in [0.15, 0.2) is 12.6 Å². The van der Waals surface area contributed by atoms with E-state index in [9.17, 15) is 9.59 Å². The van der Waals surface area contributed by atoms with Gasteiger partial charge in [-0.2, -0.15) is 0 Å². The van der Waals surface area contributed by atoms with Crippen molar-refractivity contribution >= 4 is 44.9 Å². The SMILES string of the molecule is O=Cc1c(C=O)c2cccc3ccc4cccc1c4c32. The summed E-state index contributed by atoms with van der Waals surface area (Å²) in [6, 6.07) is 15.8. The zero-order valence-electron chi connectivity index (χ0n) is 10.6. The van der Waals surface area contributed by atoms with E-state index >= 15 is 0 Å². The van der Waals surface area contributed by atoms with Crippen molar-refractivity contribution in [3.05, 3.63) is 59.7 Å². The molecule has 0 radical (unpaired) electrons. The van der Waals surface area contributed by atoms with Crippen molar-refractivity contribution in [2.45, 2.75) is 0 Å². The Hall–Kier alpha value is -2.74. The molecular formula is C18H10O2. The third-order valence-electron chi connectivity index (χ3n) is 3.99. The highest BCUT2D eigenvalue weighted by Crippen LogP contribution is 2.37.